The first-order valence-corrected chi connectivity index (χ1v) is 6.22. The maximum atomic E-state index is 12.0. The van der Waals surface area contributed by atoms with Crippen molar-refractivity contribution in [3.63, 3.8) is 0 Å². The summed E-state index contributed by atoms with van der Waals surface area (Å²) in [5, 5.41) is 0. The molecule has 0 unspecified atom stereocenters. The molecule has 0 spiro atoms. The van der Waals surface area contributed by atoms with E-state index in [4.69, 9.17) is 9.47 Å². The van der Waals surface area contributed by atoms with Crippen LogP contribution in [0.15, 0.2) is 12.4 Å². The maximum absolute atomic E-state index is 12.0. The van der Waals surface area contributed by atoms with Crippen LogP contribution in [0.3, 0.4) is 0 Å². The Morgan fingerprint density at radius 3 is 2.50 bits per heavy atom. The number of aryl methyl sites for hydroxylation is 1. The van der Waals surface area contributed by atoms with E-state index in [-0.39, 0.29) is 5.97 Å². The number of nitrogens with zero attached hydrogens (tertiary/aromatic N) is 2. The van der Waals surface area contributed by atoms with E-state index < -0.39 is 5.60 Å². The molecule has 1 aromatic heterocycles. The van der Waals surface area contributed by atoms with Crippen molar-refractivity contribution in [1.82, 2.24) is 9.97 Å². The highest BCUT2D eigenvalue weighted by molar-refractivity contribution is 5.80. The largest absolute Gasteiger partial charge is 0.466 e. The lowest BCUT2D eigenvalue weighted by Crippen LogP contribution is -2.47. The van der Waals surface area contributed by atoms with Gasteiger partial charge in [0.1, 0.15) is 0 Å². The Kier molecular flexibility index (Phi) is 3.79. The van der Waals surface area contributed by atoms with Crippen LogP contribution >= 0.6 is 0 Å². The van der Waals surface area contributed by atoms with Crippen LogP contribution in [0.4, 0.5) is 0 Å². The Morgan fingerprint density at radius 2 is 1.94 bits per heavy atom. The van der Waals surface area contributed by atoms with Crippen LogP contribution in [0, 0.1) is 6.92 Å². The molecule has 0 aliphatic heterocycles. The van der Waals surface area contributed by atoms with Gasteiger partial charge in [-0.25, -0.2) is 9.78 Å². The summed E-state index contributed by atoms with van der Waals surface area (Å²) in [7, 11) is 1.39. The van der Waals surface area contributed by atoms with Crippen LogP contribution in [-0.4, -0.2) is 28.6 Å². The van der Waals surface area contributed by atoms with Gasteiger partial charge in [0.05, 0.1) is 25.2 Å². The van der Waals surface area contributed by atoms with Crippen LogP contribution < -0.4 is 4.74 Å². The van der Waals surface area contributed by atoms with Gasteiger partial charge in [0.25, 0.3) is 0 Å². The van der Waals surface area contributed by atoms with E-state index >= 15 is 0 Å². The average molecular weight is 250 g/mol. The average Bonchev–Trinajstić information content (AvgIpc) is 2.41. The Bertz CT molecular complexity index is 411. The molecule has 0 atom stereocenters. The molecule has 0 amide bonds. The monoisotopic (exact) mass is 250 g/mol. The fraction of sp³-hybridized carbons (Fsp3) is 0.615. The lowest BCUT2D eigenvalue weighted by Gasteiger charge is -2.34. The maximum Gasteiger partial charge on any atom is 0.350 e. The third kappa shape index (κ3) is 2.60. The molecule has 1 aromatic rings. The van der Waals surface area contributed by atoms with E-state index in [1.165, 1.54) is 7.11 Å². The zero-order valence-electron chi connectivity index (χ0n) is 10.8. The number of hydrogen-bond donors (Lipinski definition) is 0. The lowest BCUT2D eigenvalue weighted by molar-refractivity contribution is -0.162. The molecule has 18 heavy (non-hydrogen) atoms. The topological polar surface area (TPSA) is 61.3 Å². The van der Waals surface area contributed by atoms with Crippen molar-refractivity contribution < 1.29 is 14.3 Å². The molecule has 0 bridgehead atoms. The number of rotatable bonds is 3. The standard InChI is InChI=1S/C13H18N2O3/c1-10-8-15-11(9-14-10)18-13(12(16)17-2)6-4-3-5-7-13/h8-9H,3-7H2,1-2H3. The number of aromatic nitrogens is 2. The van der Waals surface area contributed by atoms with E-state index in [0.717, 1.165) is 25.0 Å². The van der Waals surface area contributed by atoms with Crippen molar-refractivity contribution in [2.75, 3.05) is 7.11 Å². The second-order valence-corrected chi connectivity index (χ2v) is 4.64. The zero-order chi connectivity index (χ0) is 13.0. The Balaban J connectivity index is 2.19. The van der Waals surface area contributed by atoms with E-state index in [2.05, 4.69) is 9.97 Å². The molecule has 1 aliphatic rings. The first-order chi connectivity index (χ1) is 8.66. The van der Waals surface area contributed by atoms with Gasteiger partial charge in [0, 0.05) is 0 Å². The summed E-state index contributed by atoms with van der Waals surface area (Å²) < 4.78 is 10.7. The highest BCUT2D eigenvalue weighted by Gasteiger charge is 2.43. The molecule has 1 aliphatic carbocycles. The molecule has 5 heteroatoms. The number of hydrogen-bond acceptors (Lipinski definition) is 5. The van der Waals surface area contributed by atoms with Gasteiger partial charge in [-0.05, 0) is 32.6 Å². The van der Waals surface area contributed by atoms with Gasteiger partial charge in [-0.2, -0.15) is 0 Å². The van der Waals surface area contributed by atoms with Crippen molar-refractivity contribution in [2.24, 2.45) is 0 Å². The van der Waals surface area contributed by atoms with Crippen molar-refractivity contribution in [3.05, 3.63) is 18.1 Å². The summed E-state index contributed by atoms with van der Waals surface area (Å²) in [6.45, 7) is 1.85. The Morgan fingerprint density at radius 1 is 1.22 bits per heavy atom. The molecule has 5 nitrogen and oxygen atoms in total. The summed E-state index contributed by atoms with van der Waals surface area (Å²) in [6, 6.07) is 0. The molecule has 1 heterocycles. The first-order valence-electron chi connectivity index (χ1n) is 6.22. The minimum Gasteiger partial charge on any atom is -0.466 e. The minimum atomic E-state index is -0.878. The molecule has 0 N–H and O–H groups in total. The molecule has 1 saturated carbocycles. The van der Waals surface area contributed by atoms with Gasteiger partial charge in [-0.3, -0.25) is 4.98 Å². The van der Waals surface area contributed by atoms with Gasteiger partial charge < -0.3 is 9.47 Å². The SMILES string of the molecule is COC(=O)C1(Oc2cnc(C)cn2)CCCCC1. The second-order valence-electron chi connectivity index (χ2n) is 4.64. The summed E-state index contributed by atoms with van der Waals surface area (Å²) in [5.74, 6) is 0.0671. The quantitative estimate of drug-likeness (QED) is 0.768. The van der Waals surface area contributed by atoms with Gasteiger partial charge in [0.15, 0.2) is 0 Å². The molecule has 0 radical (unpaired) electrons. The van der Waals surface area contributed by atoms with Gasteiger partial charge >= 0.3 is 5.97 Å². The molecule has 0 saturated heterocycles. The fourth-order valence-corrected chi connectivity index (χ4v) is 2.29. The van der Waals surface area contributed by atoms with Gasteiger partial charge in [-0.1, -0.05) is 6.42 Å². The Labute approximate surface area is 107 Å². The number of carbonyl (C=O) groups is 1. The molecule has 1 fully saturated rings. The van der Waals surface area contributed by atoms with Crippen molar-refractivity contribution in [1.29, 1.82) is 0 Å². The summed E-state index contributed by atoms with van der Waals surface area (Å²) in [5.41, 5.74) is -0.0603. The number of methoxy groups -OCH3 is 1. The molecular formula is C13H18N2O3. The Hall–Kier alpha value is -1.65. The van der Waals surface area contributed by atoms with Crippen LogP contribution in [0.25, 0.3) is 0 Å². The zero-order valence-corrected chi connectivity index (χ0v) is 10.8. The van der Waals surface area contributed by atoms with E-state index in [1.807, 2.05) is 6.92 Å². The van der Waals surface area contributed by atoms with E-state index in [0.29, 0.717) is 18.7 Å². The fourth-order valence-electron chi connectivity index (χ4n) is 2.29. The van der Waals surface area contributed by atoms with Crippen molar-refractivity contribution in [3.8, 4) is 5.88 Å². The van der Waals surface area contributed by atoms with Crippen LogP contribution in [0.1, 0.15) is 37.8 Å². The van der Waals surface area contributed by atoms with Crippen LogP contribution in [-0.2, 0) is 9.53 Å². The molecule has 2 rings (SSSR count). The minimum absolute atomic E-state index is 0.315. The number of carbonyl (C=O) groups excluding carboxylic acids is 1. The van der Waals surface area contributed by atoms with Crippen LogP contribution in [0.5, 0.6) is 5.88 Å². The normalized spacial score (nSPS) is 18.1. The third-order valence-corrected chi connectivity index (χ3v) is 3.28. The number of ether oxygens (including phenoxy) is 2. The highest BCUT2D eigenvalue weighted by atomic mass is 16.6. The third-order valence-electron chi connectivity index (χ3n) is 3.28. The summed E-state index contributed by atoms with van der Waals surface area (Å²) >= 11 is 0. The summed E-state index contributed by atoms with van der Waals surface area (Å²) in [4.78, 5) is 20.2. The van der Waals surface area contributed by atoms with Gasteiger partial charge in [0.2, 0.25) is 11.5 Å². The smallest absolute Gasteiger partial charge is 0.350 e. The number of esters is 1. The lowest BCUT2D eigenvalue weighted by atomic mass is 9.84. The molecular weight excluding hydrogens is 232 g/mol. The van der Waals surface area contributed by atoms with E-state index in [9.17, 15) is 4.79 Å². The van der Waals surface area contributed by atoms with E-state index in [1.54, 1.807) is 12.4 Å². The second kappa shape index (κ2) is 5.33. The van der Waals surface area contributed by atoms with Gasteiger partial charge in [-0.15, -0.1) is 0 Å². The van der Waals surface area contributed by atoms with Crippen LogP contribution in [0.2, 0.25) is 0 Å². The van der Waals surface area contributed by atoms with Crippen molar-refractivity contribution >= 4 is 5.97 Å². The highest BCUT2D eigenvalue weighted by Crippen LogP contribution is 2.33. The predicted octanol–water partition coefficient (Wildman–Crippen LogP) is 2.04. The van der Waals surface area contributed by atoms with Crippen molar-refractivity contribution in [2.45, 2.75) is 44.6 Å². The molecule has 0 aromatic carbocycles. The predicted molar refractivity (Wildman–Crippen MR) is 65.2 cm³/mol. The molecule has 98 valence electrons. The first kappa shape index (κ1) is 12.8. The summed E-state index contributed by atoms with van der Waals surface area (Å²) in [6.07, 6.45) is 7.59.